The number of rotatable bonds is 6. The number of halogens is 1. The Morgan fingerprint density at radius 2 is 1.75 bits per heavy atom. The fourth-order valence-electron chi connectivity index (χ4n) is 2.11. The molecule has 24 heavy (non-hydrogen) atoms. The second-order valence-corrected chi connectivity index (χ2v) is 5.68. The third kappa shape index (κ3) is 4.73. The first kappa shape index (κ1) is 17.8. The fraction of sp³-hybridized carbons (Fsp3) is 0.222. The van der Waals surface area contributed by atoms with E-state index in [1.54, 1.807) is 24.3 Å². The van der Waals surface area contributed by atoms with Gasteiger partial charge in [0.25, 0.3) is 0 Å². The van der Waals surface area contributed by atoms with E-state index in [-0.39, 0.29) is 13.2 Å². The van der Waals surface area contributed by atoms with Gasteiger partial charge in [0.05, 0.1) is 6.54 Å². The van der Waals surface area contributed by atoms with Crippen molar-refractivity contribution in [3.8, 4) is 0 Å². The van der Waals surface area contributed by atoms with Crippen molar-refractivity contribution in [2.24, 2.45) is 0 Å². The van der Waals surface area contributed by atoms with Crippen molar-refractivity contribution < 1.29 is 19.4 Å². The Balaban J connectivity index is 2.11. The Kier molecular flexibility index (Phi) is 6.21. The topological polar surface area (TPSA) is 66.8 Å². The summed E-state index contributed by atoms with van der Waals surface area (Å²) >= 11 is 6.10. The molecule has 0 heterocycles. The molecule has 6 heteroatoms. The van der Waals surface area contributed by atoms with Gasteiger partial charge in [0, 0.05) is 5.02 Å². The number of carbonyl (C=O) groups excluding carboxylic acids is 1. The van der Waals surface area contributed by atoms with E-state index in [0.29, 0.717) is 10.6 Å². The summed E-state index contributed by atoms with van der Waals surface area (Å²) in [5.74, 6) is -1.11. The number of nitrogens with zero attached hydrogens (tertiary/aromatic N) is 1. The normalized spacial score (nSPS) is 11.6. The maximum Gasteiger partial charge on any atom is 0.411 e. The number of amides is 1. The third-order valence-electron chi connectivity index (χ3n) is 3.56. The van der Waals surface area contributed by atoms with Crippen molar-refractivity contribution in [1.29, 1.82) is 0 Å². The highest BCUT2D eigenvalue weighted by Gasteiger charge is 2.27. The van der Waals surface area contributed by atoms with Crippen LogP contribution in [0.5, 0.6) is 0 Å². The van der Waals surface area contributed by atoms with Crippen molar-refractivity contribution >= 4 is 23.7 Å². The van der Waals surface area contributed by atoms with E-state index < -0.39 is 18.1 Å². The van der Waals surface area contributed by atoms with Gasteiger partial charge < -0.3 is 9.84 Å². The highest BCUT2D eigenvalue weighted by molar-refractivity contribution is 6.31. The molecule has 0 saturated heterocycles. The van der Waals surface area contributed by atoms with Crippen LogP contribution in [0.4, 0.5) is 4.79 Å². The van der Waals surface area contributed by atoms with E-state index in [4.69, 9.17) is 16.3 Å². The summed E-state index contributed by atoms with van der Waals surface area (Å²) in [4.78, 5) is 24.8. The molecule has 2 aromatic rings. The second kappa shape index (κ2) is 8.36. The van der Waals surface area contributed by atoms with E-state index in [9.17, 15) is 14.7 Å². The van der Waals surface area contributed by atoms with Gasteiger partial charge in [0.1, 0.15) is 12.6 Å². The van der Waals surface area contributed by atoms with Crippen LogP contribution in [0.1, 0.15) is 18.1 Å². The average molecular weight is 348 g/mol. The first-order chi connectivity index (χ1) is 11.5. The van der Waals surface area contributed by atoms with Crippen LogP contribution >= 0.6 is 11.6 Å². The Morgan fingerprint density at radius 3 is 2.38 bits per heavy atom. The summed E-state index contributed by atoms with van der Waals surface area (Å²) in [5.41, 5.74) is 1.48. The number of aliphatic carboxylic acids is 1. The average Bonchev–Trinajstić information content (AvgIpc) is 2.59. The van der Waals surface area contributed by atoms with Crippen LogP contribution in [-0.4, -0.2) is 28.1 Å². The van der Waals surface area contributed by atoms with E-state index in [1.807, 2.05) is 30.3 Å². The van der Waals surface area contributed by atoms with E-state index in [2.05, 4.69) is 0 Å². The van der Waals surface area contributed by atoms with Crippen LogP contribution in [0.15, 0.2) is 54.6 Å². The highest BCUT2D eigenvalue weighted by atomic mass is 35.5. The Morgan fingerprint density at radius 1 is 1.12 bits per heavy atom. The molecule has 5 nitrogen and oxygen atoms in total. The molecule has 0 aliphatic rings. The SMILES string of the molecule is CC(C(=O)O)N(Cc1ccccc1Cl)C(=O)OCc1ccccc1. The van der Waals surface area contributed by atoms with Crippen LogP contribution in [-0.2, 0) is 22.7 Å². The van der Waals surface area contributed by atoms with Gasteiger partial charge in [-0.25, -0.2) is 9.59 Å². The Labute approximate surface area is 145 Å². The number of carboxylic acid groups (broad SMARTS) is 1. The summed E-state index contributed by atoms with van der Waals surface area (Å²) in [6.45, 7) is 1.56. The smallest absolute Gasteiger partial charge is 0.411 e. The van der Waals surface area contributed by atoms with Gasteiger partial charge in [-0.05, 0) is 24.1 Å². The lowest BCUT2D eigenvalue weighted by atomic mass is 10.2. The van der Waals surface area contributed by atoms with Crippen LogP contribution in [0, 0.1) is 0 Å². The van der Waals surface area contributed by atoms with E-state index in [1.165, 1.54) is 6.92 Å². The van der Waals surface area contributed by atoms with Crippen LogP contribution in [0.2, 0.25) is 5.02 Å². The largest absolute Gasteiger partial charge is 0.480 e. The van der Waals surface area contributed by atoms with Gasteiger partial charge in [0.15, 0.2) is 0 Å². The minimum Gasteiger partial charge on any atom is -0.480 e. The Hall–Kier alpha value is -2.53. The molecule has 0 fully saturated rings. The lowest BCUT2D eigenvalue weighted by molar-refractivity contribution is -0.142. The molecule has 0 radical (unpaired) electrons. The molecule has 2 rings (SSSR count). The van der Waals surface area contributed by atoms with Crippen LogP contribution < -0.4 is 0 Å². The molecule has 126 valence electrons. The number of ether oxygens (including phenoxy) is 1. The first-order valence-electron chi connectivity index (χ1n) is 7.42. The second-order valence-electron chi connectivity index (χ2n) is 5.27. The predicted molar refractivity (Wildman–Crippen MR) is 90.7 cm³/mol. The van der Waals surface area contributed by atoms with Crippen molar-refractivity contribution in [2.75, 3.05) is 0 Å². The molecular weight excluding hydrogens is 330 g/mol. The molecule has 0 aromatic heterocycles. The summed E-state index contributed by atoms with van der Waals surface area (Å²) in [6, 6.07) is 15.1. The number of carboxylic acids is 1. The quantitative estimate of drug-likeness (QED) is 0.859. The lowest BCUT2D eigenvalue weighted by Crippen LogP contribution is -2.43. The molecule has 1 amide bonds. The van der Waals surface area contributed by atoms with E-state index in [0.717, 1.165) is 10.5 Å². The van der Waals surface area contributed by atoms with Gasteiger partial charge in [-0.1, -0.05) is 60.1 Å². The van der Waals surface area contributed by atoms with Gasteiger partial charge in [-0.2, -0.15) is 0 Å². The zero-order valence-electron chi connectivity index (χ0n) is 13.2. The van der Waals surface area contributed by atoms with Gasteiger partial charge in [-0.3, -0.25) is 4.90 Å². The summed E-state index contributed by atoms with van der Waals surface area (Å²) in [5, 5.41) is 9.72. The Bertz CT molecular complexity index is 705. The third-order valence-corrected chi connectivity index (χ3v) is 3.93. The molecule has 0 aliphatic heterocycles. The molecular formula is C18H18ClNO4. The fourth-order valence-corrected chi connectivity index (χ4v) is 2.30. The molecule has 0 aliphatic carbocycles. The van der Waals surface area contributed by atoms with Crippen molar-refractivity contribution in [1.82, 2.24) is 4.90 Å². The summed E-state index contributed by atoms with van der Waals surface area (Å²) in [6.07, 6.45) is -0.700. The molecule has 1 atom stereocenters. The highest BCUT2D eigenvalue weighted by Crippen LogP contribution is 2.19. The summed E-state index contributed by atoms with van der Waals surface area (Å²) in [7, 11) is 0. The van der Waals surface area contributed by atoms with Gasteiger partial charge in [0.2, 0.25) is 0 Å². The van der Waals surface area contributed by atoms with Crippen molar-refractivity contribution in [3.63, 3.8) is 0 Å². The molecule has 1 N–H and O–H groups in total. The molecule has 1 unspecified atom stereocenters. The number of hydrogen-bond acceptors (Lipinski definition) is 3. The zero-order chi connectivity index (χ0) is 17.5. The monoisotopic (exact) mass is 347 g/mol. The van der Waals surface area contributed by atoms with Gasteiger partial charge in [-0.15, -0.1) is 0 Å². The van der Waals surface area contributed by atoms with Crippen LogP contribution in [0.25, 0.3) is 0 Å². The minimum atomic E-state index is -1.11. The van der Waals surface area contributed by atoms with E-state index >= 15 is 0 Å². The summed E-state index contributed by atoms with van der Waals surface area (Å²) < 4.78 is 5.25. The standard InChI is InChI=1S/C18H18ClNO4/c1-13(17(21)22)20(11-15-9-5-6-10-16(15)19)18(23)24-12-14-7-3-2-4-8-14/h2-10,13H,11-12H2,1H3,(H,21,22). The predicted octanol–water partition coefficient (Wildman–Crippen LogP) is 3.95. The molecule has 0 bridgehead atoms. The molecule has 0 spiro atoms. The maximum absolute atomic E-state index is 12.4. The van der Waals surface area contributed by atoms with Gasteiger partial charge >= 0.3 is 12.1 Å². The van der Waals surface area contributed by atoms with Crippen molar-refractivity contribution in [2.45, 2.75) is 26.1 Å². The number of carbonyl (C=O) groups is 2. The number of hydrogen-bond donors (Lipinski definition) is 1. The lowest BCUT2D eigenvalue weighted by Gasteiger charge is -2.26. The maximum atomic E-state index is 12.4. The molecule has 2 aromatic carbocycles. The number of benzene rings is 2. The molecule has 0 saturated carbocycles. The van der Waals surface area contributed by atoms with Crippen LogP contribution in [0.3, 0.4) is 0 Å². The van der Waals surface area contributed by atoms with Crippen molar-refractivity contribution in [3.05, 3.63) is 70.7 Å². The zero-order valence-corrected chi connectivity index (χ0v) is 13.9. The minimum absolute atomic E-state index is 0.0563. The first-order valence-corrected chi connectivity index (χ1v) is 7.80.